The molecular weight excluding hydrogens is 308 g/mol. The van der Waals surface area contributed by atoms with E-state index in [1.807, 2.05) is 18.2 Å². The smallest absolute Gasteiger partial charge is 0.410 e. The Labute approximate surface area is 142 Å². The molecule has 2 amide bonds. The largest absolute Gasteiger partial charge is 0.441 e. The summed E-state index contributed by atoms with van der Waals surface area (Å²) in [6.07, 6.45) is 0.987. The Morgan fingerprint density at radius 2 is 1.96 bits per heavy atom. The van der Waals surface area contributed by atoms with E-state index in [0.717, 1.165) is 0 Å². The highest BCUT2D eigenvalue weighted by Crippen LogP contribution is 2.34. The first kappa shape index (κ1) is 16.8. The number of aliphatic hydroxyl groups excluding tert-OH is 1. The molecule has 1 N–H and O–H groups in total. The van der Waals surface area contributed by atoms with Gasteiger partial charge in [-0.1, -0.05) is 37.3 Å². The summed E-state index contributed by atoms with van der Waals surface area (Å²) in [5.41, 5.74) is 0.717. The zero-order valence-electron chi connectivity index (χ0n) is 14.0. The molecule has 24 heavy (non-hydrogen) atoms. The lowest BCUT2D eigenvalue weighted by Gasteiger charge is -2.37. The fourth-order valence-corrected chi connectivity index (χ4v) is 3.57. The van der Waals surface area contributed by atoms with Gasteiger partial charge in [0.25, 0.3) is 0 Å². The van der Waals surface area contributed by atoms with Crippen LogP contribution in [0.4, 0.5) is 4.79 Å². The van der Waals surface area contributed by atoms with Gasteiger partial charge in [-0.05, 0) is 11.5 Å². The van der Waals surface area contributed by atoms with Crippen LogP contribution >= 0.6 is 0 Å². The average molecular weight is 332 g/mol. The third-order valence-corrected chi connectivity index (χ3v) is 5.07. The fraction of sp³-hybridized carbons (Fsp3) is 0.556. The Hall–Kier alpha value is -2.08. The maximum absolute atomic E-state index is 12.3. The molecular formula is C18H24N2O4. The monoisotopic (exact) mass is 332 g/mol. The van der Waals surface area contributed by atoms with Gasteiger partial charge in [0.15, 0.2) is 0 Å². The van der Waals surface area contributed by atoms with Crippen molar-refractivity contribution in [3.05, 3.63) is 35.9 Å². The van der Waals surface area contributed by atoms with Crippen LogP contribution < -0.4 is 0 Å². The lowest BCUT2D eigenvalue weighted by Crippen LogP contribution is -2.49. The molecule has 6 heteroatoms. The van der Waals surface area contributed by atoms with E-state index in [4.69, 9.17) is 9.84 Å². The average Bonchev–Trinajstić information content (AvgIpc) is 2.90. The van der Waals surface area contributed by atoms with Gasteiger partial charge in [0.1, 0.15) is 12.2 Å². The first-order chi connectivity index (χ1) is 11.5. The second-order valence-electron chi connectivity index (χ2n) is 6.78. The van der Waals surface area contributed by atoms with Gasteiger partial charge in [-0.3, -0.25) is 4.79 Å². The summed E-state index contributed by atoms with van der Waals surface area (Å²) < 4.78 is 5.69. The number of nitrogens with zero attached hydrogens (tertiary/aromatic N) is 2. The molecule has 2 aliphatic rings. The lowest BCUT2D eigenvalue weighted by molar-refractivity contribution is -0.137. The number of benzene rings is 1. The molecule has 0 radical (unpaired) electrons. The molecule has 1 spiro atoms. The summed E-state index contributed by atoms with van der Waals surface area (Å²) in [7, 11) is 0. The number of hydrogen-bond acceptors (Lipinski definition) is 4. The van der Waals surface area contributed by atoms with Crippen LogP contribution in [-0.4, -0.2) is 65.3 Å². The van der Waals surface area contributed by atoms with Crippen molar-refractivity contribution in [3.63, 3.8) is 0 Å². The van der Waals surface area contributed by atoms with Crippen molar-refractivity contribution >= 4 is 12.0 Å². The number of hydrogen-bond donors (Lipinski definition) is 1. The van der Waals surface area contributed by atoms with Gasteiger partial charge in [-0.15, -0.1) is 0 Å². The molecule has 2 saturated heterocycles. The van der Waals surface area contributed by atoms with Crippen LogP contribution in [0.1, 0.15) is 31.2 Å². The van der Waals surface area contributed by atoms with Crippen molar-refractivity contribution in [1.82, 2.24) is 9.80 Å². The summed E-state index contributed by atoms with van der Waals surface area (Å²) in [6, 6.07) is 10.1. The van der Waals surface area contributed by atoms with E-state index < -0.39 is 12.2 Å². The van der Waals surface area contributed by atoms with Gasteiger partial charge >= 0.3 is 6.09 Å². The molecule has 3 rings (SSSR count). The highest BCUT2D eigenvalue weighted by atomic mass is 16.6. The first-order valence-corrected chi connectivity index (χ1v) is 8.44. The maximum atomic E-state index is 12.3. The normalized spacial score (nSPS) is 21.0. The lowest BCUT2D eigenvalue weighted by atomic mass is 9.91. The van der Waals surface area contributed by atoms with E-state index >= 15 is 0 Å². The molecule has 0 aliphatic carbocycles. The molecule has 0 bridgehead atoms. The molecule has 0 aromatic heterocycles. The summed E-state index contributed by atoms with van der Waals surface area (Å²) in [6.45, 7) is 3.89. The van der Waals surface area contributed by atoms with Gasteiger partial charge in [0, 0.05) is 32.5 Å². The summed E-state index contributed by atoms with van der Waals surface area (Å²) >= 11 is 0. The number of likely N-dealkylation sites (tertiary alicyclic amines) is 1. The number of carbonyl (C=O) groups is 2. The van der Waals surface area contributed by atoms with Crippen molar-refractivity contribution in [2.45, 2.75) is 31.3 Å². The first-order valence-electron chi connectivity index (χ1n) is 8.44. The highest BCUT2D eigenvalue weighted by molar-refractivity contribution is 5.77. The van der Waals surface area contributed by atoms with Gasteiger partial charge in [0.2, 0.25) is 5.91 Å². The minimum absolute atomic E-state index is 0.241. The number of piperidine rings is 1. The summed E-state index contributed by atoms with van der Waals surface area (Å²) in [5.74, 6) is -0.0197. The van der Waals surface area contributed by atoms with E-state index in [1.165, 1.54) is 5.56 Å². The maximum Gasteiger partial charge on any atom is 0.410 e. The minimum atomic E-state index is -0.486. The molecule has 6 nitrogen and oxygen atoms in total. The molecule has 0 saturated carbocycles. The van der Waals surface area contributed by atoms with Crippen LogP contribution in [0.25, 0.3) is 0 Å². The molecule has 1 aromatic rings. The van der Waals surface area contributed by atoms with E-state index in [0.29, 0.717) is 39.0 Å². The van der Waals surface area contributed by atoms with Crippen molar-refractivity contribution in [2.24, 2.45) is 0 Å². The zero-order valence-corrected chi connectivity index (χ0v) is 14.0. The number of rotatable bonds is 4. The van der Waals surface area contributed by atoms with Crippen molar-refractivity contribution in [3.8, 4) is 0 Å². The third-order valence-electron chi connectivity index (χ3n) is 5.07. The second-order valence-corrected chi connectivity index (χ2v) is 6.78. The van der Waals surface area contributed by atoms with Crippen molar-refractivity contribution < 1.29 is 19.4 Å². The van der Waals surface area contributed by atoms with Gasteiger partial charge < -0.3 is 19.6 Å². The number of amides is 2. The van der Waals surface area contributed by atoms with Crippen LogP contribution in [0.3, 0.4) is 0 Å². The number of ether oxygens (including phenoxy) is 1. The van der Waals surface area contributed by atoms with Crippen LogP contribution in [0.5, 0.6) is 0 Å². The molecule has 2 heterocycles. The molecule has 2 aliphatic heterocycles. The standard InChI is InChI=1S/C18H24N2O4/c1-14(15-5-3-2-4-6-15)11-20-13-18(24-17(20)23)7-9-19(10-8-18)16(22)12-21/h2-6,14,21H,7-13H2,1H3/t14-/m1/s1. The highest BCUT2D eigenvalue weighted by Gasteiger charge is 2.47. The topological polar surface area (TPSA) is 70.1 Å². The Kier molecular flexibility index (Phi) is 4.76. The van der Waals surface area contributed by atoms with Gasteiger partial charge in [0.05, 0.1) is 6.54 Å². The predicted octanol–water partition coefficient (Wildman–Crippen LogP) is 1.60. The van der Waals surface area contributed by atoms with Gasteiger partial charge in [-0.25, -0.2) is 4.79 Å². The molecule has 1 atom stereocenters. The quantitative estimate of drug-likeness (QED) is 0.909. The van der Waals surface area contributed by atoms with Crippen molar-refractivity contribution in [1.29, 1.82) is 0 Å². The number of carbonyl (C=O) groups excluding carboxylic acids is 2. The van der Waals surface area contributed by atoms with Crippen LogP contribution in [0.15, 0.2) is 30.3 Å². The van der Waals surface area contributed by atoms with Gasteiger partial charge in [-0.2, -0.15) is 0 Å². The molecule has 0 unspecified atom stereocenters. The Bertz CT molecular complexity index is 596. The third kappa shape index (κ3) is 3.38. The Morgan fingerprint density at radius 1 is 1.29 bits per heavy atom. The molecule has 2 fully saturated rings. The SMILES string of the molecule is C[C@H](CN1CC2(CCN(C(=O)CO)CC2)OC1=O)c1ccccc1. The zero-order chi connectivity index (χ0) is 17.2. The Balaban J connectivity index is 1.59. The second kappa shape index (κ2) is 6.81. The molecule has 130 valence electrons. The van der Waals surface area contributed by atoms with E-state index in [1.54, 1.807) is 9.80 Å². The van der Waals surface area contributed by atoms with Crippen LogP contribution in [0.2, 0.25) is 0 Å². The Morgan fingerprint density at radius 3 is 2.58 bits per heavy atom. The summed E-state index contributed by atoms with van der Waals surface area (Å²) in [5, 5.41) is 8.95. The van der Waals surface area contributed by atoms with Crippen molar-refractivity contribution in [2.75, 3.05) is 32.8 Å². The van der Waals surface area contributed by atoms with E-state index in [9.17, 15) is 9.59 Å². The fourth-order valence-electron chi connectivity index (χ4n) is 3.57. The minimum Gasteiger partial charge on any atom is -0.441 e. The van der Waals surface area contributed by atoms with Crippen LogP contribution in [0, 0.1) is 0 Å². The summed E-state index contributed by atoms with van der Waals surface area (Å²) in [4.78, 5) is 27.2. The predicted molar refractivity (Wildman–Crippen MR) is 88.5 cm³/mol. The van der Waals surface area contributed by atoms with E-state index in [-0.39, 0.29) is 17.9 Å². The van der Waals surface area contributed by atoms with Crippen LogP contribution in [-0.2, 0) is 9.53 Å². The number of aliphatic hydroxyl groups is 1. The van der Waals surface area contributed by atoms with E-state index in [2.05, 4.69) is 19.1 Å². The molecule has 1 aromatic carbocycles.